The molecule has 3 heterocycles. The normalized spacial score (nSPS) is 18.0. The second kappa shape index (κ2) is 9.61. The van der Waals surface area contributed by atoms with Crippen LogP contribution in [0.5, 0.6) is 0 Å². The number of nitrogens with one attached hydrogen (secondary N) is 2. The summed E-state index contributed by atoms with van der Waals surface area (Å²) in [5.41, 5.74) is 2.62. The third-order valence-electron chi connectivity index (χ3n) is 6.12. The Balaban J connectivity index is 1.24. The second-order valence-electron chi connectivity index (χ2n) is 8.62. The van der Waals surface area contributed by atoms with E-state index in [1.54, 1.807) is 37.3 Å². The van der Waals surface area contributed by atoms with Crippen molar-refractivity contribution in [2.45, 2.75) is 45.0 Å². The minimum Gasteiger partial charge on any atom is -0.431 e. The lowest BCUT2D eigenvalue weighted by Gasteiger charge is -2.29. The summed E-state index contributed by atoms with van der Waals surface area (Å²) >= 11 is 0. The van der Waals surface area contributed by atoms with Crippen molar-refractivity contribution in [3.8, 4) is 0 Å². The molecule has 2 atom stereocenters. The van der Waals surface area contributed by atoms with E-state index in [4.69, 9.17) is 9.26 Å². The zero-order valence-corrected chi connectivity index (χ0v) is 19.4. The van der Waals surface area contributed by atoms with Gasteiger partial charge in [0.2, 0.25) is 17.9 Å². The molecule has 0 bridgehead atoms. The van der Waals surface area contributed by atoms with Gasteiger partial charge < -0.3 is 19.5 Å². The van der Waals surface area contributed by atoms with Crippen molar-refractivity contribution in [2.75, 3.05) is 0 Å². The Morgan fingerprint density at radius 3 is 2.75 bits per heavy atom. The first-order valence-electron chi connectivity index (χ1n) is 11.4. The molecule has 0 radical (unpaired) electrons. The Labute approximate surface area is 205 Å². The van der Waals surface area contributed by atoms with Gasteiger partial charge in [-0.15, -0.1) is 0 Å². The number of alkyl carbamates (subject to hydrolysis) is 1. The number of ether oxygens (including phenoxy) is 1. The van der Waals surface area contributed by atoms with Gasteiger partial charge in [0, 0.05) is 30.6 Å². The van der Waals surface area contributed by atoms with Gasteiger partial charge in [0.05, 0.1) is 0 Å². The van der Waals surface area contributed by atoms with Crippen molar-refractivity contribution in [3.05, 3.63) is 82.5 Å². The number of amides is 4. The number of aryl methyl sites for hydroxylation is 1. The molecule has 2 aliphatic rings. The molecule has 2 N–H and O–H groups in total. The maximum Gasteiger partial charge on any atom is 0.408 e. The molecule has 1 aromatic heterocycles. The summed E-state index contributed by atoms with van der Waals surface area (Å²) in [4.78, 5) is 55.0. The highest BCUT2D eigenvalue weighted by atomic mass is 16.6. The summed E-state index contributed by atoms with van der Waals surface area (Å²) in [6.07, 6.45) is -1.08. The Hall–Kier alpha value is -4.54. The van der Waals surface area contributed by atoms with Gasteiger partial charge in [-0.2, -0.15) is 4.98 Å². The van der Waals surface area contributed by atoms with Crippen molar-refractivity contribution >= 4 is 23.8 Å². The first-order chi connectivity index (χ1) is 17.4. The predicted octanol–water partition coefficient (Wildman–Crippen LogP) is 2.15. The van der Waals surface area contributed by atoms with Crippen LogP contribution < -0.4 is 10.6 Å². The summed E-state index contributed by atoms with van der Waals surface area (Å²) in [5.74, 6) is -0.486. The van der Waals surface area contributed by atoms with E-state index in [0.717, 1.165) is 5.56 Å². The lowest BCUT2D eigenvalue weighted by molar-refractivity contribution is -0.136. The van der Waals surface area contributed by atoms with Gasteiger partial charge in [-0.1, -0.05) is 47.6 Å². The maximum atomic E-state index is 13.0. The molecule has 2 aliphatic heterocycles. The topological polar surface area (TPSA) is 144 Å². The number of benzene rings is 2. The maximum absolute atomic E-state index is 13.0. The highest BCUT2D eigenvalue weighted by molar-refractivity contribution is 6.05. The summed E-state index contributed by atoms with van der Waals surface area (Å²) in [7, 11) is 0. The molecule has 0 spiro atoms. The van der Waals surface area contributed by atoms with Crippen LogP contribution in [0.2, 0.25) is 0 Å². The van der Waals surface area contributed by atoms with Crippen LogP contribution >= 0.6 is 0 Å². The monoisotopic (exact) mass is 489 g/mol. The number of rotatable bonds is 6. The van der Waals surface area contributed by atoms with Crippen LogP contribution in [-0.4, -0.2) is 44.9 Å². The number of nitrogens with zero attached hydrogens (tertiary/aromatic N) is 3. The number of hydrogen-bond donors (Lipinski definition) is 2. The second-order valence-corrected chi connectivity index (χ2v) is 8.62. The number of piperidine rings is 1. The van der Waals surface area contributed by atoms with Crippen molar-refractivity contribution in [1.29, 1.82) is 0 Å². The van der Waals surface area contributed by atoms with Crippen LogP contribution in [0.3, 0.4) is 0 Å². The highest BCUT2D eigenvalue weighted by Gasteiger charge is 2.39. The first-order valence-corrected chi connectivity index (χ1v) is 11.4. The Bertz CT molecular complexity index is 1340. The zero-order chi connectivity index (χ0) is 25.2. The number of hydrogen-bond acceptors (Lipinski definition) is 8. The fourth-order valence-electron chi connectivity index (χ4n) is 4.34. The van der Waals surface area contributed by atoms with E-state index >= 15 is 0 Å². The third-order valence-corrected chi connectivity index (χ3v) is 6.12. The van der Waals surface area contributed by atoms with E-state index in [1.807, 2.05) is 18.2 Å². The average molecular weight is 489 g/mol. The smallest absolute Gasteiger partial charge is 0.408 e. The van der Waals surface area contributed by atoms with E-state index in [-0.39, 0.29) is 30.7 Å². The van der Waals surface area contributed by atoms with E-state index in [2.05, 4.69) is 20.8 Å². The van der Waals surface area contributed by atoms with Crippen LogP contribution in [0.15, 0.2) is 53.1 Å². The van der Waals surface area contributed by atoms with Gasteiger partial charge in [-0.3, -0.25) is 19.7 Å². The average Bonchev–Trinajstić information content (AvgIpc) is 3.44. The molecular formula is C25H23N5O6. The van der Waals surface area contributed by atoms with E-state index in [9.17, 15) is 19.2 Å². The minimum absolute atomic E-state index is 0.113. The fraction of sp³-hybridized carbons (Fsp3) is 0.280. The molecule has 4 amide bonds. The van der Waals surface area contributed by atoms with Crippen molar-refractivity contribution < 1.29 is 28.4 Å². The van der Waals surface area contributed by atoms with Crippen molar-refractivity contribution in [1.82, 2.24) is 25.7 Å². The van der Waals surface area contributed by atoms with Crippen molar-refractivity contribution in [2.24, 2.45) is 0 Å². The molecule has 1 saturated heterocycles. The van der Waals surface area contributed by atoms with Gasteiger partial charge in [-0.05, 0) is 30.5 Å². The highest BCUT2D eigenvalue weighted by Crippen LogP contribution is 2.28. The molecule has 184 valence electrons. The molecule has 0 aliphatic carbocycles. The number of aromatic nitrogens is 2. The minimum atomic E-state index is -0.879. The van der Waals surface area contributed by atoms with Gasteiger partial charge in [0.1, 0.15) is 6.04 Å². The molecular weight excluding hydrogens is 466 g/mol. The number of carbonyl (C=O) groups is 4. The van der Waals surface area contributed by atoms with Gasteiger partial charge in [0.25, 0.3) is 11.8 Å². The lowest BCUT2D eigenvalue weighted by atomic mass is 10.0. The summed E-state index contributed by atoms with van der Waals surface area (Å²) in [6.45, 7) is 2.08. The molecule has 36 heavy (non-hydrogen) atoms. The SMILES string of the molecule is Cc1noc(C(OC(=O)NCc2ccc3c(c2)C(=O)N(C2CCC(=O)NC2=O)C3)c2ccccc2)n1. The largest absolute Gasteiger partial charge is 0.431 e. The molecule has 2 unspecified atom stereocenters. The molecule has 5 rings (SSSR count). The summed E-state index contributed by atoms with van der Waals surface area (Å²) in [5, 5.41) is 8.76. The van der Waals surface area contributed by atoms with E-state index in [1.165, 1.54) is 4.90 Å². The molecule has 2 aromatic carbocycles. The van der Waals surface area contributed by atoms with Crippen LogP contribution in [0.4, 0.5) is 4.79 Å². The predicted molar refractivity (Wildman–Crippen MR) is 123 cm³/mol. The quantitative estimate of drug-likeness (QED) is 0.501. The van der Waals surface area contributed by atoms with Crippen LogP contribution in [0.25, 0.3) is 0 Å². The standard InChI is InChI=1S/C25H23N5O6/c1-14-27-23(36-29-14)21(16-5-3-2-4-6-16)35-25(34)26-12-15-7-8-17-13-30(24(33)18(17)11-15)19-9-10-20(31)28-22(19)32/h2-8,11,19,21H,9-10,12-13H2,1H3,(H,26,34)(H,28,31,32). The van der Waals surface area contributed by atoms with Crippen LogP contribution in [0.1, 0.15) is 57.7 Å². The van der Waals surface area contributed by atoms with Crippen molar-refractivity contribution in [3.63, 3.8) is 0 Å². The molecule has 11 heteroatoms. The Kier molecular flexibility index (Phi) is 6.19. The van der Waals surface area contributed by atoms with Crippen LogP contribution in [0, 0.1) is 6.92 Å². The third kappa shape index (κ3) is 4.67. The lowest BCUT2D eigenvalue weighted by Crippen LogP contribution is -2.52. The van der Waals surface area contributed by atoms with E-state index in [0.29, 0.717) is 35.5 Å². The molecule has 3 aromatic rings. The van der Waals surface area contributed by atoms with Gasteiger partial charge >= 0.3 is 6.09 Å². The summed E-state index contributed by atoms with van der Waals surface area (Å²) < 4.78 is 10.8. The zero-order valence-electron chi connectivity index (χ0n) is 19.4. The number of imide groups is 1. The van der Waals surface area contributed by atoms with Gasteiger partial charge in [-0.25, -0.2) is 4.79 Å². The summed E-state index contributed by atoms with van der Waals surface area (Å²) in [6, 6.07) is 13.7. The molecule has 0 saturated carbocycles. The van der Waals surface area contributed by atoms with Gasteiger partial charge in [0.15, 0.2) is 5.82 Å². The van der Waals surface area contributed by atoms with E-state index < -0.39 is 24.1 Å². The van der Waals surface area contributed by atoms with Crippen LogP contribution in [-0.2, 0) is 27.4 Å². The number of carbonyl (C=O) groups excluding carboxylic acids is 4. The molecule has 1 fully saturated rings. The first kappa shape index (κ1) is 23.2. The molecule has 11 nitrogen and oxygen atoms in total. The Morgan fingerprint density at radius 2 is 2.03 bits per heavy atom. The number of fused-ring (bicyclic) bond motifs is 1. The fourth-order valence-corrected chi connectivity index (χ4v) is 4.34. The Morgan fingerprint density at radius 1 is 1.22 bits per heavy atom.